The molecule has 0 bridgehead atoms. The van der Waals surface area contributed by atoms with Crippen LogP contribution >= 0.6 is 0 Å². The Morgan fingerprint density at radius 2 is 2.35 bits per heavy atom. The molecule has 1 amide bonds. The first kappa shape index (κ1) is 15.6. The van der Waals surface area contributed by atoms with Crippen molar-refractivity contribution in [2.45, 2.75) is 39.0 Å². The van der Waals surface area contributed by atoms with Crippen LogP contribution in [0.4, 0.5) is 5.95 Å². The summed E-state index contributed by atoms with van der Waals surface area (Å²) in [5.74, 6) is -0.389. The van der Waals surface area contributed by atoms with Gasteiger partial charge in [-0.05, 0) is 12.8 Å². The van der Waals surface area contributed by atoms with Gasteiger partial charge in [-0.1, -0.05) is 13.8 Å². The third-order valence-corrected chi connectivity index (χ3v) is 3.80. The van der Waals surface area contributed by atoms with Crippen LogP contribution < -0.4 is 10.9 Å². The van der Waals surface area contributed by atoms with E-state index in [-0.39, 0.29) is 47.9 Å². The highest BCUT2D eigenvalue weighted by Crippen LogP contribution is 2.29. The quantitative estimate of drug-likeness (QED) is 0.748. The van der Waals surface area contributed by atoms with E-state index >= 15 is 0 Å². The minimum Gasteiger partial charge on any atom is -0.394 e. The van der Waals surface area contributed by atoms with Crippen molar-refractivity contribution in [3.05, 3.63) is 16.7 Å². The second-order valence-electron chi connectivity index (χ2n) is 5.86. The number of ether oxygens (including phenoxy) is 1. The lowest BCUT2D eigenvalue weighted by Crippen LogP contribution is -2.23. The van der Waals surface area contributed by atoms with Gasteiger partial charge in [0.05, 0.1) is 19.0 Å². The highest BCUT2D eigenvalue weighted by atomic mass is 16.5. The molecular weight excluding hydrogens is 302 g/mol. The summed E-state index contributed by atoms with van der Waals surface area (Å²) in [5, 5.41) is 11.7. The molecular formula is C14H19N5O4. The van der Waals surface area contributed by atoms with E-state index in [1.165, 1.54) is 6.33 Å². The molecule has 0 aromatic carbocycles. The Kier molecular flexibility index (Phi) is 4.14. The molecule has 2 aromatic heterocycles. The Balaban J connectivity index is 1.92. The highest BCUT2D eigenvalue weighted by molar-refractivity contribution is 5.91. The van der Waals surface area contributed by atoms with Crippen LogP contribution in [0.1, 0.15) is 32.9 Å². The summed E-state index contributed by atoms with van der Waals surface area (Å²) in [6.45, 7) is 3.44. The SMILES string of the molecule is CC(C)C(=O)Nc1nc2ncn(C3CCC(CO)O3)c2c(=O)[nH]1. The molecule has 2 atom stereocenters. The van der Waals surface area contributed by atoms with E-state index < -0.39 is 5.56 Å². The summed E-state index contributed by atoms with van der Waals surface area (Å²) >= 11 is 0. The Hall–Kier alpha value is -2.26. The fourth-order valence-corrected chi connectivity index (χ4v) is 2.52. The number of aliphatic hydroxyl groups is 1. The second kappa shape index (κ2) is 6.09. The zero-order valence-corrected chi connectivity index (χ0v) is 12.9. The van der Waals surface area contributed by atoms with Crippen molar-refractivity contribution in [3.8, 4) is 0 Å². The van der Waals surface area contributed by atoms with Crippen molar-refractivity contribution in [3.63, 3.8) is 0 Å². The van der Waals surface area contributed by atoms with E-state index in [1.807, 2.05) is 0 Å². The maximum absolute atomic E-state index is 12.3. The van der Waals surface area contributed by atoms with Gasteiger partial charge >= 0.3 is 0 Å². The second-order valence-corrected chi connectivity index (χ2v) is 5.86. The van der Waals surface area contributed by atoms with Crippen LogP contribution in [-0.4, -0.2) is 43.2 Å². The van der Waals surface area contributed by atoms with Crippen LogP contribution in [0.2, 0.25) is 0 Å². The number of aliphatic hydroxyl groups excluding tert-OH is 1. The van der Waals surface area contributed by atoms with Crippen molar-refractivity contribution < 1.29 is 14.6 Å². The van der Waals surface area contributed by atoms with Crippen molar-refractivity contribution in [1.29, 1.82) is 0 Å². The molecule has 124 valence electrons. The number of imidazole rings is 1. The van der Waals surface area contributed by atoms with Crippen LogP contribution in [0.5, 0.6) is 0 Å². The largest absolute Gasteiger partial charge is 0.394 e. The van der Waals surface area contributed by atoms with Gasteiger partial charge in [0.15, 0.2) is 11.2 Å². The summed E-state index contributed by atoms with van der Waals surface area (Å²) < 4.78 is 7.28. The van der Waals surface area contributed by atoms with Gasteiger partial charge in [0.1, 0.15) is 6.23 Å². The number of anilines is 1. The predicted octanol–water partition coefficient (Wildman–Crippen LogP) is 0.384. The molecule has 0 spiro atoms. The number of amides is 1. The Morgan fingerprint density at radius 1 is 1.57 bits per heavy atom. The molecule has 23 heavy (non-hydrogen) atoms. The van der Waals surface area contributed by atoms with Crippen LogP contribution in [0.15, 0.2) is 11.1 Å². The maximum Gasteiger partial charge on any atom is 0.278 e. The van der Waals surface area contributed by atoms with Gasteiger partial charge in [0, 0.05) is 5.92 Å². The fourth-order valence-electron chi connectivity index (χ4n) is 2.52. The Bertz CT molecular complexity index is 781. The average Bonchev–Trinajstić information content (AvgIpc) is 3.12. The summed E-state index contributed by atoms with van der Waals surface area (Å²) in [5.41, 5.74) is 0.127. The molecule has 9 nitrogen and oxygen atoms in total. The van der Waals surface area contributed by atoms with Gasteiger partial charge in [-0.2, -0.15) is 4.98 Å². The molecule has 9 heteroatoms. The molecule has 2 aromatic rings. The molecule has 3 heterocycles. The van der Waals surface area contributed by atoms with E-state index in [0.29, 0.717) is 12.8 Å². The number of rotatable bonds is 4. The van der Waals surface area contributed by atoms with Crippen LogP contribution in [0.25, 0.3) is 11.2 Å². The molecule has 1 saturated heterocycles. The Labute approximate surface area is 131 Å². The normalized spacial score (nSPS) is 21.2. The zero-order valence-electron chi connectivity index (χ0n) is 12.9. The highest BCUT2D eigenvalue weighted by Gasteiger charge is 2.28. The Morgan fingerprint density at radius 3 is 3.00 bits per heavy atom. The summed E-state index contributed by atoms with van der Waals surface area (Å²) in [6.07, 6.45) is 2.31. The van der Waals surface area contributed by atoms with Crippen LogP contribution in [0, 0.1) is 5.92 Å². The maximum atomic E-state index is 12.3. The lowest BCUT2D eigenvalue weighted by molar-refractivity contribution is -0.118. The number of H-pyrrole nitrogens is 1. The first-order valence-corrected chi connectivity index (χ1v) is 7.53. The standard InChI is InChI=1S/C14H19N5O4/c1-7(2)12(21)17-14-16-11-10(13(22)18-14)19(6-15-11)9-4-3-8(5-20)23-9/h6-9,20H,3-5H2,1-2H3,(H2,16,17,18,21,22). The minimum absolute atomic E-state index is 0.0525. The third kappa shape index (κ3) is 2.97. The van der Waals surface area contributed by atoms with E-state index in [0.717, 1.165) is 0 Å². The number of nitrogens with zero attached hydrogens (tertiary/aromatic N) is 3. The molecule has 1 fully saturated rings. The van der Waals surface area contributed by atoms with Crippen molar-refractivity contribution in [2.75, 3.05) is 11.9 Å². The van der Waals surface area contributed by atoms with E-state index in [4.69, 9.17) is 9.84 Å². The predicted molar refractivity (Wildman–Crippen MR) is 81.8 cm³/mol. The smallest absolute Gasteiger partial charge is 0.278 e. The van der Waals surface area contributed by atoms with E-state index in [1.54, 1.807) is 18.4 Å². The summed E-state index contributed by atoms with van der Waals surface area (Å²) in [4.78, 5) is 34.9. The molecule has 0 radical (unpaired) electrons. The lowest BCUT2D eigenvalue weighted by atomic mass is 10.2. The lowest BCUT2D eigenvalue weighted by Gasteiger charge is -2.14. The molecule has 3 N–H and O–H groups in total. The topological polar surface area (TPSA) is 122 Å². The molecule has 0 aliphatic carbocycles. The van der Waals surface area contributed by atoms with Gasteiger partial charge in [0.25, 0.3) is 5.56 Å². The number of hydrogen-bond acceptors (Lipinski definition) is 6. The van der Waals surface area contributed by atoms with Crippen LogP contribution in [0.3, 0.4) is 0 Å². The number of carbonyl (C=O) groups excluding carboxylic acids is 1. The number of aromatic amines is 1. The van der Waals surface area contributed by atoms with Gasteiger partial charge in [-0.15, -0.1) is 0 Å². The first-order valence-electron chi connectivity index (χ1n) is 7.53. The van der Waals surface area contributed by atoms with E-state index in [2.05, 4.69) is 20.3 Å². The fraction of sp³-hybridized carbons (Fsp3) is 0.571. The van der Waals surface area contributed by atoms with Crippen molar-refractivity contribution >= 4 is 23.0 Å². The van der Waals surface area contributed by atoms with Crippen molar-refractivity contribution in [2.24, 2.45) is 5.92 Å². The molecule has 0 saturated carbocycles. The molecule has 3 rings (SSSR count). The van der Waals surface area contributed by atoms with Crippen molar-refractivity contribution in [1.82, 2.24) is 19.5 Å². The number of hydrogen-bond donors (Lipinski definition) is 3. The summed E-state index contributed by atoms with van der Waals surface area (Å²) in [6, 6.07) is 0. The van der Waals surface area contributed by atoms with Gasteiger partial charge < -0.3 is 9.84 Å². The minimum atomic E-state index is -0.400. The van der Waals surface area contributed by atoms with Gasteiger partial charge in [-0.3, -0.25) is 24.5 Å². The third-order valence-electron chi connectivity index (χ3n) is 3.80. The number of carbonyl (C=O) groups is 1. The monoisotopic (exact) mass is 321 g/mol. The van der Waals surface area contributed by atoms with Crippen LogP contribution in [-0.2, 0) is 9.53 Å². The van der Waals surface area contributed by atoms with E-state index in [9.17, 15) is 9.59 Å². The van der Waals surface area contributed by atoms with Gasteiger partial charge in [0.2, 0.25) is 11.9 Å². The average molecular weight is 321 g/mol. The molecule has 1 aliphatic heterocycles. The molecule has 1 aliphatic rings. The number of nitrogens with one attached hydrogen (secondary N) is 2. The number of fused-ring (bicyclic) bond motifs is 1. The summed E-state index contributed by atoms with van der Waals surface area (Å²) in [7, 11) is 0. The number of aromatic nitrogens is 4. The molecule has 2 unspecified atom stereocenters. The zero-order chi connectivity index (χ0) is 16.6. The first-order chi connectivity index (χ1) is 11.0. The van der Waals surface area contributed by atoms with Gasteiger partial charge in [-0.25, -0.2) is 4.98 Å².